The smallest absolute Gasteiger partial charge is 0.411 e. The van der Waals surface area contributed by atoms with E-state index in [4.69, 9.17) is 5.11 Å². The lowest BCUT2D eigenvalue weighted by atomic mass is 10.1. The number of rotatable bonds is 5. The summed E-state index contributed by atoms with van der Waals surface area (Å²) < 4.78 is 17.9. The first-order chi connectivity index (χ1) is 9.36. The summed E-state index contributed by atoms with van der Waals surface area (Å²) in [5, 5.41) is 21.4. The minimum absolute atomic E-state index is 0.135. The highest BCUT2D eigenvalue weighted by molar-refractivity contribution is 5.99. The third-order valence-electron chi connectivity index (χ3n) is 2.08. The van der Waals surface area contributed by atoms with Crippen LogP contribution in [-0.2, 0) is 4.74 Å². The zero-order valence-corrected chi connectivity index (χ0v) is 9.96. The Morgan fingerprint density at radius 2 is 2.20 bits per heavy atom. The van der Waals surface area contributed by atoms with E-state index >= 15 is 0 Å². The summed E-state index contributed by atoms with van der Waals surface area (Å²) >= 11 is 0. The Balaban J connectivity index is 3.15. The van der Waals surface area contributed by atoms with Crippen molar-refractivity contribution in [2.24, 2.45) is 0 Å². The standard InChI is InChI=1S/C11H9FN2O6/c1-2-3-20-11(17)13-8-5-7(12)9(14(18)19)4-6(8)10(15)16/h2,4-5H,1,3H2,(H,13,17)(H,15,16). The maximum Gasteiger partial charge on any atom is 0.411 e. The second-order valence-electron chi connectivity index (χ2n) is 3.42. The van der Waals surface area contributed by atoms with E-state index in [1.165, 1.54) is 6.08 Å². The van der Waals surface area contributed by atoms with Crippen molar-refractivity contribution in [2.45, 2.75) is 0 Å². The molecule has 0 bridgehead atoms. The molecule has 106 valence electrons. The van der Waals surface area contributed by atoms with Crippen molar-refractivity contribution in [1.29, 1.82) is 0 Å². The van der Waals surface area contributed by atoms with Crippen LogP contribution in [0.2, 0.25) is 0 Å². The number of halogens is 1. The first-order valence-corrected chi connectivity index (χ1v) is 5.12. The van der Waals surface area contributed by atoms with Gasteiger partial charge in [-0.2, -0.15) is 4.39 Å². The Kier molecular flexibility index (Phi) is 4.73. The number of benzene rings is 1. The molecule has 0 aromatic heterocycles. The monoisotopic (exact) mass is 284 g/mol. The summed E-state index contributed by atoms with van der Waals surface area (Å²) in [4.78, 5) is 31.6. The van der Waals surface area contributed by atoms with Gasteiger partial charge in [0.2, 0.25) is 5.82 Å². The average molecular weight is 284 g/mol. The van der Waals surface area contributed by atoms with Gasteiger partial charge in [0.25, 0.3) is 0 Å². The van der Waals surface area contributed by atoms with E-state index in [0.29, 0.717) is 12.1 Å². The quantitative estimate of drug-likeness (QED) is 0.486. The Morgan fingerprint density at radius 3 is 2.70 bits per heavy atom. The average Bonchev–Trinajstić information content (AvgIpc) is 2.35. The van der Waals surface area contributed by atoms with Gasteiger partial charge in [0, 0.05) is 12.1 Å². The lowest BCUT2D eigenvalue weighted by Crippen LogP contribution is -2.16. The first kappa shape index (κ1) is 15.1. The number of nitrogens with one attached hydrogen (secondary N) is 1. The number of anilines is 1. The lowest BCUT2D eigenvalue weighted by Gasteiger charge is -2.08. The molecule has 0 saturated carbocycles. The molecule has 0 radical (unpaired) electrons. The molecule has 0 spiro atoms. The third-order valence-corrected chi connectivity index (χ3v) is 2.08. The molecule has 0 unspecified atom stereocenters. The SMILES string of the molecule is C=CCOC(=O)Nc1cc(F)c([N+](=O)[O-])cc1C(=O)O. The van der Waals surface area contributed by atoms with E-state index in [9.17, 15) is 24.1 Å². The maximum atomic E-state index is 13.4. The van der Waals surface area contributed by atoms with Crippen LogP contribution in [0.3, 0.4) is 0 Å². The Morgan fingerprint density at radius 1 is 1.55 bits per heavy atom. The number of carboxylic acid groups (broad SMARTS) is 1. The Hall–Kier alpha value is -2.97. The van der Waals surface area contributed by atoms with Gasteiger partial charge in [0.1, 0.15) is 6.61 Å². The fraction of sp³-hybridized carbons (Fsp3) is 0.0909. The van der Waals surface area contributed by atoms with Crippen molar-refractivity contribution in [3.63, 3.8) is 0 Å². The Bertz CT molecular complexity index is 587. The van der Waals surface area contributed by atoms with E-state index in [-0.39, 0.29) is 6.61 Å². The van der Waals surface area contributed by atoms with Gasteiger partial charge in [-0.15, -0.1) is 0 Å². The normalized spacial score (nSPS) is 9.65. The molecular weight excluding hydrogens is 275 g/mol. The van der Waals surface area contributed by atoms with Gasteiger partial charge in [-0.3, -0.25) is 15.4 Å². The number of carbonyl (C=O) groups is 2. The summed E-state index contributed by atoms with van der Waals surface area (Å²) in [6, 6.07) is 1.05. The second kappa shape index (κ2) is 6.27. The molecule has 0 aliphatic heterocycles. The van der Waals surface area contributed by atoms with E-state index in [1.54, 1.807) is 0 Å². The fourth-order valence-corrected chi connectivity index (χ4v) is 1.26. The number of hydrogen-bond acceptors (Lipinski definition) is 5. The molecule has 20 heavy (non-hydrogen) atoms. The van der Waals surface area contributed by atoms with E-state index in [0.717, 1.165) is 0 Å². The van der Waals surface area contributed by atoms with Crippen LogP contribution in [0, 0.1) is 15.9 Å². The predicted octanol–water partition coefficient (Wildman–Crippen LogP) is 2.17. The topological polar surface area (TPSA) is 119 Å². The van der Waals surface area contributed by atoms with Gasteiger partial charge in [-0.1, -0.05) is 12.7 Å². The molecule has 0 aliphatic rings. The minimum atomic E-state index is -1.56. The van der Waals surface area contributed by atoms with Gasteiger partial charge >= 0.3 is 17.7 Å². The van der Waals surface area contributed by atoms with Gasteiger partial charge in [0.05, 0.1) is 16.2 Å². The molecule has 1 rings (SSSR count). The van der Waals surface area contributed by atoms with Crippen molar-refractivity contribution in [3.8, 4) is 0 Å². The maximum absolute atomic E-state index is 13.4. The summed E-state index contributed by atoms with van der Waals surface area (Å²) in [5.41, 5.74) is -2.09. The number of hydrogen-bond donors (Lipinski definition) is 2. The van der Waals surface area contributed by atoms with Crippen LogP contribution in [0.25, 0.3) is 0 Å². The number of nitro groups is 1. The molecule has 9 heteroatoms. The molecular formula is C11H9FN2O6. The second-order valence-corrected chi connectivity index (χ2v) is 3.42. The number of amides is 1. The molecule has 1 amide bonds. The molecule has 0 fully saturated rings. The van der Waals surface area contributed by atoms with Crippen LogP contribution in [0.15, 0.2) is 24.8 Å². The highest BCUT2D eigenvalue weighted by Crippen LogP contribution is 2.26. The summed E-state index contributed by atoms with van der Waals surface area (Å²) in [6.45, 7) is 3.16. The number of nitrogens with zero attached hydrogens (tertiary/aromatic N) is 1. The number of carbonyl (C=O) groups excluding carboxylic acids is 1. The van der Waals surface area contributed by atoms with E-state index < -0.39 is 39.7 Å². The Labute approximate surface area is 111 Å². The number of nitro benzene ring substituents is 1. The third kappa shape index (κ3) is 3.51. The van der Waals surface area contributed by atoms with Gasteiger partial charge < -0.3 is 9.84 Å². The number of carboxylic acids is 1. The van der Waals surface area contributed by atoms with Crippen molar-refractivity contribution >= 4 is 23.4 Å². The molecule has 0 aliphatic carbocycles. The highest BCUT2D eigenvalue weighted by atomic mass is 19.1. The lowest BCUT2D eigenvalue weighted by molar-refractivity contribution is -0.387. The van der Waals surface area contributed by atoms with Gasteiger partial charge in [-0.25, -0.2) is 9.59 Å². The minimum Gasteiger partial charge on any atom is -0.478 e. The molecule has 0 atom stereocenters. The van der Waals surface area contributed by atoms with Crippen molar-refractivity contribution in [3.05, 3.63) is 46.3 Å². The van der Waals surface area contributed by atoms with Crippen LogP contribution < -0.4 is 5.32 Å². The molecule has 2 N–H and O–H groups in total. The van der Waals surface area contributed by atoms with Crippen LogP contribution in [-0.4, -0.2) is 28.7 Å². The summed E-state index contributed by atoms with van der Waals surface area (Å²) in [7, 11) is 0. The van der Waals surface area contributed by atoms with Crippen molar-refractivity contribution < 1.29 is 28.7 Å². The molecule has 1 aromatic rings. The first-order valence-electron chi connectivity index (χ1n) is 5.12. The van der Waals surface area contributed by atoms with Crippen LogP contribution in [0.1, 0.15) is 10.4 Å². The van der Waals surface area contributed by atoms with Crippen LogP contribution in [0.4, 0.5) is 20.6 Å². The van der Waals surface area contributed by atoms with Crippen LogP contribution >= 0.6 is 0 Å². The zero-order chi connectivity index (χ0) is 15.3. The van der Waals surface area contributed by atoms with E-state index in [1.807, 2.05) is 5.32 Å². The summed E-state index contributed by atoms with van der Waals surface area (Å²) in [6.07, 6.45) is 0.231. The molecule has 0 heterocycles. The fourth-order valence-electron chi connectivity index (χ4n) is 1.26. The highest BCUT2D eigenvalue weighted by Gasteiger charge is 2.23. The largest absolute Gasteiger partial charge is 0.478 e. The van der Waals surface area contributed by atoms with Gasteiger partial charge in [0.15, 0.2) is 0 Å². The van der Waals surface area contributed by atoms with Crippen molar-refractivity contribution in [1.82, 2.24) is 0 Å². The number of aromatic carboxylic acids is 1. The van der Waals surface area contributed by atoms with Gasteiger partial charge in [-0.05, 0) is 0 Å². The molecule has 8 nitrogen and oxygen atoms in total. The number of ether oxygens (including phenoxy) is 1. The van der Waals surface area contributed by atoms with E-state index in [2.05, 4.69) is 11.3 Å². The molecule has 1 aromatic carbocycles. The summed E-state index contributed by atoms with van der Waals surface area (Å²) in [5.74, 6) is -2.84. The zero-order valence-electron chi connectivity index (χ0n) is 9.96. The predicted molar refractivity (Wildman–Crippen MR) is 65.2 cm³/mol. The van der Waals surface area contributed by atoms with Crippen LogP contribution in [0.5, 0.6) is 0 Å². The van der Waals surface area contributed by atoms with Crippen molar-refractivity contribution in [2.75, 3.05) is 11.9 Å². The molecule has 0 saturated heterocycles.